The minimum absolute atomic E-state index is 0.167. The Morgan fingerprint density at radius 1 is 0.853 bits per heavy atom. The van der Waals surface area contributed by atoms with Crippen molar-refractivity contribution in [2.45, 2.75) is 12.8 Å². The third kappa shape index (κ3) is 4.32. The van der Waals surface area contributed by atoms with Crippen molar-refractivity contribution < 1.29 is 13.9 Å². The number of amides is 1. The van der Waals surface area contributed by atoms with E-state index in [4.69, 9.17) is 27.9 Å². The second-order valence-electron chi connectivity index (χ2n) is 7.80. The summed E-state index contributed by atoms with van der Waals surface area (Å²) in [5, 5.41) is 4.52. The SMILES string of the molecule is O=C1c2ccccc2NC(c2ccc(OCc3c(Cl)cccc3Cl)cc2)N1c1ccc(F)cc1. The van der Waals surface area contributed by atoms with Gasteiger partial charge in [0.25, 0.3) is 5.91 Å². The summed E-state index contributed by atoms with van der Waals surface area (Å²) in [6.07, 6.45) is -0.486. The van der Waals surface area contributed by atoms with Gasteiger partial charge in [-0.1, -0.05) is 53.5 Å². The smallest absolute Gasteiger partial charge is 0.262 e. The molecule has 1 unspecified atom stereocenters. The molecule has 0 saturated carbocycles. The van der Waals surface area contributed by atoms with Gasteiger partial charge in [-0.15, -0.1) is 0 Å². The highest BCUT2D eigenvalue weighted by molar-refractivity contribution is 6.35. The lowest BCUT2D eigenvalue weighted by Gasteiger charge is -2.38. The highest BCUT2D eigenvalue weighted by Gasteiger charge is 2.34. The second kappa shape index (κ2) is 9.37. The Morgan fingerprint density at radius 2 is 1.53 bits per heavy atom. The zero-order valence-corrected chi connectivity index (χ0v) is 19.4. The van der Waals surface area contributed by atoms with Gasteiger partial charge in [0.1, 0.15) is 24.3 Å². The molecule has 0 bridgehead atoms. The van der Waals surface area contributed by atoms with Crippen LogP contribution in [0.2, 0.25) is 10.0 Å². The molecule has 34 heavy (non-hydrogen) atoms. The van der Waals surface area contributed by atoms with Crippen LogP contribution < -0.4 is 15.0 Å². The van der Waals surface area contributed by atoms with E-state index in [2.05, 4.69) is 5.32 Å². The Labute approximate surface area is 206 Å². The van der Waals surface area contributed by atoms with Crippen LogP contribution >= 0.6 is 23.2 Å². The van der Waals surface area contributed by atoms with Gasteiger partial charge >= 0.3 is 0 Å². The van der Waals surface area contributed by atoms with Crippen molar-refractivity contribution in [3.63, 3.8) is 0 Å². The molecule has 1 aliphatic heterocycles. The Kier molecular flexibility index (Phi) is 6.14. The molecule has 1 heterocycles. The predicted octanol–water partition coefficient (Wildman–Crippen LogP) is 7.48. The minimum Gasteiger partial charge on any atom is -0.489 e. The maximum absolute atomic E-state index is 13.6. The van der Waals surface area contributed by atoms with Crippen molar-refractivity contribution in [1.29, 1.82) is 0 Å². The van der Waals surface area contributed by atoms with E-state index < -0.39 is 6.17 Å². The Bertz CT molecular complexity index is 1320. The average Bonchev–Trinajstić information content (AvgIpc) is 2.85. The molecule has 4 aromatic rings. The largest absolute Gasteiger partial charge is 0.489 e. The number of halogens is 3. The van der Waals surface area contributed by atoms with Gasteiger partial charge in [-0.2, -0.15) is 0 Å². The van der Waals surface area contributed by atoms with Crippen molar-refractivity contribution in [2.75, 3.05) is 10.2 Å². The van der Waals surface area contributed by atoms with Crippen LogP contribution in [0.3, 0.4) is 0 Å². The van der Waals surface area contributed by atoms with Crippen molar-refractivity contribution in [3.05, 3.63) is 124 Å². The Morgan fingerprint density at radius 3 is 2.24 bits per heavy atom. The number of para-hydroxylation sites is 1. The molecule has 4 nitrogen and oxygen atoms in total. The fourth-order valence-corrected chi connectivity index (χ4v) is 4.43. The van der Waals surface area contributed by atoms with Crippen LogP contribution in [0.4, 0.5) is 15.8 Å². The highest BCUT2D eigenvalue weighted by atomic mass is 35.5. The monoisotopic (exact) mass is 492 g/mol. The van der Waals surface area contributed by atoms with E-state index in [0.717, 1.165) is 11.3 Å². The van der Waals surface area contributed by atoms with Crippen molar-refractivity contribution >= 4 is 40.5 Å². The quantitative estimate of drug-likeness (QED) is 0.313. The zero-order chi connectivity index (χ0) is 23.7. The molecular formula is C27H19Cl2FN2O2. The van der Waals surface area contributed by atoms with Crippen LogP contribution in [0.1, 0.15) is 27.7 Å². The van der Waals surface area contributed by atoms with Crippen molar-refractivity contribution in [2.24, 2.45) is 0 Å². The van der Waals surface area contributed by atoms with Crippen molar-refractivity contribution in [3.8, 4) is 5.75 Å². The molecular weight excluding hydrogens is 474 g/mol. The first-order valence-corrected chi connectivity index (χ1v) is 11.4. The molecule has 1 N–H and O–H groups in total. The summed E-state index contributed by atoms with van der Waals surface area (Å²) in [5.74, 6) is 0.105. The maximum atomic E-state index is 13.6. The summed E-state index contributed by atoms with van der Waals surface area (Å²) in [5.41, 5.74) is 3.44. The number of anilines is 2. The number of nitrogens with one attached hydrogen (secondary N) is 1. The lowest BCUT2D eigenvalue weighted by atomic mass is 10.0. The summed E-state index contributed by atoms with van der Waals surface area (Å²) in [7, 11) is 0. The fourth-order valence-electron chi connectivity index (χ4n) is 3.93. The molecule has 1 aliphatic rings. The molecule has 0 radical (unpaired) electrons. The Hall–Kier alpha value is -3.54. The summed E-state index contributed by atoms with van der Waals surface area (Å²) in [6, 6.07) is 26.0. The summed E-state index contributed by atoms with van der Waals surface area (Å²) >= 11 is 12.5. The van der Waals surface area contributed by atoms with Gasteiger partial charge in [-0.25, -0.2) is 4.39 Å². The van der Waals surface area contributed by atoms with E-state index in [9.17, 15) is 9.18 Å². The molecule has 0 fully saturated rings. The van der Waals surface area contributed by atoms with E-state index in [0.29, 0.717) is 32.6 Å². The molecule has 7 heteroatoms. The van der Waals surface area contributed by atoms with Gasteiger partial charge < -0.3 is 10.1 Å². The molecule has 170 valence electrons. The first-order valence-electron chi connectivity index (χ1n) is 10.6. The van der Waals surface area contributed by atoms with E-state index in [1.165, 1.54) is 12.1 Å². The number of carbonyl (C=O) groups excluding carboxylic acids is 1. The number of benzene rings is 4. The molecule has 0 aromatic heterocycles. The standard InChI is InChI=1S/C27H19Cl2FN2O2/c28-23-5-3-6-24(29)22(23)16-34-20-14-8-17(9-15-20)26-31-25-7-2-1-4-21(25)27(33)32(26)19-12-10-18(30)11-13-19/h1-15,26,31H,16H2. The van der Waals surface area contributed by atoms with Gasteiger partial charge in [0, 0.05) is 27.0 Å². The van der Waals surface area contributed by atoms with Crippen molar-refractivity contribution in [1.82, 2.24) is 0 Å². The average molecular weight is 493 g/mol. The van der Waals surface area contributed by atoms with Gasteiger partial charge in [-0.05, 0) is 66.2 Å². The number of nitrogens with zero attached hydrogens (tertiary/aromatic N) is 1. The summed E-state index contributed by atoms with van der Waals surface area (Å²) in [6.45, 7) is 0.229. The van der Waals surface area contributed by atoms with Gasteiger partial charge in [-0.3, -0.25) is 9.69 Å². The number of ether oxygens (including phenoxy) is 1. The highest BCUT2D eigenvalue weighted by Crippen LogP contribution is 2.37. The number of rotatable bonds is 5. The first kappa shape index (κ1) is 22.3. The topological polar surface area (TPSA) is 41.6 Å². The number of hydrogen-bond donors (Lipinski definition) is 1. The van der Waals surface area contributed by atoms with Crippen LogP contribution in [-0.2, 0) is 6.61 Å². The number of fused-ring (bicyclic) bond motifs is 1. The molecule has 1 amide bonds. The van der Waals surface area contributed by atoms with E-state index >= 15 is 0 Å². The molecule has 5 rings (SSSR count). The normalized spacial score (nSPS) is 15.0. The lowest BCUT2D eigenvalue weighted by molar-refractivity contribution is 0.0975. The van der Waals surface area contributed by atoms with Crippen LogP contribution in [0, 0.1) is 5.82 Å². The predicted molar refractivity (Wildman–Crippen MR) is 133 cm³/mol. The van der Waals surface area contributed by atoms with Crippen LogP contribution in [-0.4, -0.2) is 5.91 Å². The summed E-state index contributed by atoms with van der Waals surface area (Å²) in [4.78, 5) is 15.0. The fraction of sp³-hybridized carbons (Fsp3) is 0.0741. The summed E-state index contributed by atoms with van der Waals surface area (Å²) < 4.78 is 19.4. The molecule has 4 aromatic carbocycles. The van der Waals surface area contributed by atoms with E-state index in [-0.39, 0.29) is 18.3 Å². The second-order valence-corrected chi connectivity index (χ2v) is 8.62. The third-order valence-corrected chi connectivity index (χ3v) is 6.38. The first-order chi connectivity index (χ1) is 16.5. The molecule has 0 aliphatic carbocycles. The molecule has 1 atom stereocenters. The Balaban J connectivity index is 1.43. The van der Waals surface area contributed by atoms with E-state index in [1.54, 1.807) is 41.3 Å². The third-order valence-electron chi connectivity index (χ3n) is 5.67. The minimum atomic E-state index is -0.486. The van der Waals surface area contributed by atoms with Crippen LogP contribution in [0.15, 0.2) is 91.0 Å². The van der Waals surface area contributed by atoms with Crippen LogP contribution in [0.25, 0.3) is 0 Å². The number of carbonyl (C=O) groups is 1. The van der Waals surface area contributed by atoms with Gasteiger partial charge in [0.2, 0.25) is 0 Å². The van der Waals surface area contributed by atoms with Crippen LogP contribution in [0.5, 0.6) is 5.75 Å². The van der Waals surface area contributed by atoms with Gasteiger partial charge in [0.05, 0.1) is 5.56 Å². The molecule has 0 saturated heterocycles. The van der Waals surface area contributed by atoms with E-state index in [1.807, 2.05) is 42.5 Å². The lowest BCUT2D eigenvalue weighted by Crippen LogP contribution is -2.43. The molecule has 0 spiro atoms. The maximum Gasteiger partial charge on any atom is 0.262 e. The van der Waals surface area contributed by atoms with Gasteiger partial charge in [0.15, 0.2) is 0 Å². The number of hydrogen-bond acceptors (Lipinski definition) is 3. The zero-order valence-electron chi connectivity index (χ0n) is 17.8.